The Morgan fingerprint density at radius 3 is 2.36 bits per heavy atom. The van der Waals surface area contributed by atoms with Crippen LogP contribution in [0.15, 0.2) is 18.2 Å². The summed E-state index contributed by atoms with van der Waals surface area (Å²) in [5.41, 5.74) is 11.9. The van der Waals surface area contributed by atoms with Gasteiger partial charge in [-0.2, -0.15) is 0 Å². The molecule has 5 heteroatoms. The van der Waals surface area contributed by atoms with E-state index in [-0.39, 0.29) is 17.3 Å². The molecule has 0 bridgehead atoms. The number of hydrogen-bond donors (Lipinski definition) is 4. The van der Waals surface area contributed by atoms with E-state index in [0.717, 1.165) is 0 Å². The molecule has 5 nitrogen and oxygen atoms in total. The Bertz CT molecular complexity index is 422. The number of aromatic nitrogens is 1. The molecule has 0 fully saturated rings. The van der Waals surface area contributed by atoms with Gasteiger partial charge in [0.15, 0.2) is 11.5 Å². The Morgan fingerprint density at radius 2 is 1.64 bits per heavy atom. The van der Waals surface area contributed by atoms with Crippen molar-refractivity contribution in [3.05, 3.63) is 18.2 Å². The van der Waals surface area contributed by atoms with E-state index < -0.39 is 0 Å². The lowest BCUT2D eigenvalue weighted by Crippen LogP contribution is -1.97. The molecule has 6 N–H and O–H groups in total. The molecule has 0 radical (unpaired) electrons. The van der Waals surface area contributed by atoms with Gasteiger partial charge >= 0.3 is 0 Å². The summed E-state index contributed by atoms with van der Waals surface area (Å²) >= 11 is 0. The molecule has 0 atom stereocenters. The smallest absolute Gasteiger partial charge is 0.159 e. The average molecular weight is 191 g/mol. The molecule has 72 valence electrons. The van der Waals surface area contributed by atoms with Gasteiger partial charge < -0.3 is 21.7 Å². The highest BCUT2D eigenvalue weighted by Crippen LogP contribution is 2.31. The largest absolute Gasteiger partial charge is 0.504 e. The van der Waals surface area contributed by atoms with Crippen LogP contribution in [-0.4, -0.2) is 15.2 Å². The number of phenolic OH excluding ortho intramolecular Hbond substituents is 2. The molecule has 1 heterocycles. The van der Waals surface area contributed by atoms with Crippen LogP contribution in [0.3, 0.4) is 0 Å². The first kappa shape index (κ1) is 8.43. The number of nitrogens with two attached hydrogens (primary N) is 2. The minimum atomic E-state index is -0.228. The number of anilines is 2. The molecule has 1 aromatic carbocycles. The topological polar surface area (TPSA) is 105 Å². The van der Waals surface area contributed by atoms with Crippen LogP contribution in [0.5, 0.6) is 11.5 Å². The minimum absolute atomic E-state index is 0.205. The Morgan fingerprint density at radius 1 is 1.00 bits per heavy atom. The first-order valence-corrected chi connectivity index (χ1v) is 3.95. The molecule has 0 spiro atoms. The van der Waals surface area contributed by atoms with E-state index in [1.807, 2.05) is 0 Å². The molecule has 2 rings (SSSR count). The van der Waals surface area contributed by atoms with E-state index in [1.165, 1.54) is 12.1 Å². The third-order valence-corrected chi connectivity index (χ3v) is 1.97. The number of nitrogens with zero attached hydrogens (tertiary/aromatic N) is 1. The van der Waals surface area contributed by atoms with E-state index in [9.17, 15) is 10.2 Å². The maximum atomic E-state index is 9.23. The van der Waals surface area contributed by atoms with Crippen molar-refractivity contribution in [2.75, 3.05) is 11.5 Å². The Balaban J connectivity index is 2.83. The van der Waals surface area contributed by atoms with Gasteiger partial charge in [0.2, 0.25) is 0 Å². The lowest BCUT2D eigenvalue weighted by Gasteiger charge is -2.04. The SMILES string of the molecule is Nc1cc2cc(O)c(O)cc2nc1N. The summed E-state index contributed by atoms with van der Waals surface area (Å²) in [6, 6.07) is 4.31. The minimum Gasteiger partial charge on any atom is -0.504 e. The molecule has 14 heavy (non-hydrogen) atoms. The second kappa shape index (κ2) is 2.66. The summed E-state index contributed by atoms with van der Waals surface area (Å²) in [6.45, 7) is 0. The van der Waals surface area contributed by atoms with Gasteiger partial charge in [0.1, 0.15) is 5.82 Å². The van der Waals surface area contributed by atoms with Crippen LogP contribution in [0.1, 0.15) is 0 Å². The predicted molar refractivity (Wildman–Crippen MR) is 53.9 cm³/mol. The highest BCUT2D eigenvalue weighted by molar-refractivity contribution is 5.87. The molecule has 0 aliphatic heterocycles. The number of nitrogen functional groups attached to an aromatic ring is 2. The maximum absolute atomic E-state index is 9.23. The molecule has 0 amide bonds. The van der Waals surface area contributed by atoms with Gasteiger partial charge in [0.25, 0.3) is 0 Å². The summed E-state index contributed by atoms with van der Waals surface area (Å²) in [5, 5.41) is 19.1. The molecular weight excluding hydrogens is 182 g/mol. The quantitative estimate of drug-likeness (QED) is 0.461. The van der Waals surface area contributed by atoms with Crippen LogP contribution in [0.2, 0.25) is 0 Å². The third-order valence-electron chi connectivity index (χ3n) is 1.97. The summed E-state index contributed by atoms with van der Waals surface area (Å²) in [5.74, 6) is -0.222. The molecule has 0 aliphatic rings. The number of rotatable bonds is 0. The molecule has 0 unspecified atom stereocenters. The number of pyridine rings is 1. The molecule has 2 aromatic rings. The van der Waals surface area contributed by atoms with Gasteiger partial charge in [-0.15, -0.1) is 0 Å². The van der Waals surface area contributed by atoms with E-state index in [4.69, 9.17) is 11.5 Å². The van der Waals surface area contributed by atoms with E-state index >= 15 is 0 Å². The van der Waals surface area contributed by atoms with E-state index in [2.05, 4.69) is 4.98 Å². The highest BCUT2D eigenvalue weighted by Gasteiger charge is 2.05. The van der Waals surface area contributed by atoms with E-state index in [0.29, 0.717) is 16.6 Å². The predicted octanol–water partition coefficient (Wildman–Crippen LogP) is 0.810. The summed E-state index contributed by atoms with van der Waals surface area (Å²) in [6.07, 6.45) is 0. The van der Waals surface area contributed by atoms with Crippen LogP contribution < -0.4 is 11.5 Å². The summed E-state index contributed by atoms with van der Waals surface area (Å²) in [7, 11) is 0. The summed E-state index contributed by atoms with van der Waals surface area (Å²) in [4.78, 5) is 3.96. The van der Waals surface area contributed by atoms with Crippen LogP contribution >= 0.6 is 0 Å². The fourth-order valence-electron chi connectivity index (χ4n) is 1.23. The lowest BCUT2D eigenvalue weighted by molar-refractivity contribution is 0.405. The zero-order valence-electron chi connectivity index (χ0n) is 7.23. The van der Waals surface area contributed by atoms with Crippen molar-refractivity contribution in [3.63, 3.8) is 0 Å². The summed E-state index contributed by atoms with van der Waals surface area (Å²) < 4.78 is 0. The van der Waals surface area contributed by atoms with Gasteiger partial charge in [0.05, 0.1) is 11.2 Å². The zero-order chi connectivity index (χ0) is 10.3. The van der Waals surface area contributed by atoms with Crippen molar-refractivity contribution in [1.82, 2.24) is 4.98 Å². The number of benzene rings is 1. The van der Waals surface area contributed by atoms with Gasteiger partial charge in [-0.1, -0.05) is 0 Å². The average Bonchev–Trinajstić information content (AvgIpc) is 2.11. The monoisotopic (exact) mass is 191 g/mol. The number of phenols is 2. The van der Waals surface area contributed by atoms with Gasteiger partial charge in [-0.3, -0.25) is 0 Å². The molecule has 0 saturated heterocycles. The normalized spacial score (nSPS) is 10.6. The van der Waals surface area contributed by atoms with Crippen molar-refractivity contribution in [3.8, 4) is 11.5 Å². The zero-order valence-corrected chi connectivity index (χ0v) is 7.23. The molecule has 0 saturated carbocycles. The second-order valence-electron chi connectivity index (χ2n) is 3.00. The van der Waals surface area contributed by atoms with Crippen LogP contribution in [0.4, 0.5) is 11.5 Å². The van der Waals surface area contributed by atoms with Gasteiger partial charge in [0, 0.05) is 11.5 Å². The lowest BCUT2D eigenvalue weighted by atomic mass is 10.2. The highest BCUT2D eigenvalue weighted by atomic mass is 16.3. The molecule has 1 aromatic heterocycles. The maximum Gasteiger partial charge on any atom is 0.159 e. The fourth-order valence-corrected chi connectivity index (χ4v) is 1.23. The Hall–Kier alpha value is -2.17. The third kappa shape index (κ3) is 1.15. The van der Waals surface area contributed by atoms with Crippen molar-refractivity contribution in [1.29, 1.82) is 0 Å². The van der Waals surface area contributed by atoms with Crippen molar-refractivity contribution in [2.24, 2.45) is 0 Å². The number of fused-ring (bicyclic) bond motifs is 1. The Kier molecular flexibility index (Phi) is 1.60. The first-order chi connectivity index (χ1) is 6.58. The van der Waals surface area contributed by atoms with Gasteiger partial charge in [-0.25, -0.2) is 4.98 Å². The van der Waals surface area contributed by atoms with Crippen LogP contribution in [0, 0.1) is 0 Å². The number of aromatic hydroxyl groups is 2. The molecule has 0 aliphatic carbocycles. The van der Waals surface area contributed by atoms with Crippen molar-refractivity contribution >= 4 is 22.4 Å². The van der Waals surface area contributed by atoms with E-state index in [1.54, 1.807) is 6.07 Å². The Labute approximate surface area is 79.6 Å². The van der Waals surface area contributed by atoms with Crippen molar-refractivity contribution in [2.45, 2.75) is 0 Å². The van der Waals surface area contributed by atoms with Gasteiger partial charge in [-0.05, 0) is 12.1 Å². The number of hydrogen-bond acceptors (Lipinski definition) is 5. The van der Waals surface area contributed by atoms with Crippen LogP contribution in [-0.2, 0) is 0 Å². The first-order valence-electron chi connectivity index (χ1n) is 3.95. The fraction of sp³-hybridized carbons (Fsp3) is 0. The van der Waals surface area contributed by atoms with Crippen LogP contribution in [0.25, 0.3) is 10.9 Å². The second-order valence-corrected chi connectivity index (χ2v) is 3.00. The molecular formula is C9H9N3O2. The van der Waals surface area contributed by atoms with Crippen molar-refractivity contribution < 1.29 is 10.2 Å². The standard InChI is InChI=1S/C9H9N3O2/c10-5-1-4-2-7(13)8(14)3-6(4)12-9(5)11/h1-3,13-14H,10H2,(H2,11,12).